The Hall–Kier alpha value is -0.240. The van der Waals surface area contributed by atoms with Gasteiger partial charge in [-0.15, -0.1) is 25.3 Å². The molecule has 6 heteroatoms. The van der Waals surface area contributed by atoms with Gasteiger partial charge in [0.1, 0.15) is 0 Å². The number of hydrogen-bond donors (Lipinski definition) is 2. The summed E-state index contributed by atoms with van der Waals surface area (Å²) in [5.41, 5.74) is 3.76. The fraction of sp³-hybridized carbons (Fsp3) is 0.143. The van der Waals surface area contributed by atoms with Crippen molar-refractivity contribution in [2.24, 2.45) is 0 Å². The van der Waals surface area contributed by atoms with E-state index in [-0.39, 0.29) is 0 Å². The molecular formula is C21H20S6. The van der Waals surface area contributed by atoms with Gasteiger partial charge in [0.25, 0.3) is 0 Å². The third-order valence-electron chi connectivity index (χ3n) is 3.77. The summed E-state index contributed by atoms with van der Waals surface area (Å²) >= 11 is 9.21. The third-order valence-corrected chi connectivity index (χ3v) is 9.89. The number of hydrogen-bond acceptors (Lipinski definition) is 6. The molecule has 0 heterocycles. The van der Waals surface area contributed by atoms with Crippen molar-refractivity contribution in [3.63, 3.8) is 0 Å². The molecule has 0 aliphatic heterocycles. The Balaban J connectivity index is 1.75. The Labute approximate surface area is 188 Å². The van der Waals surface area contributed by atoms with Gasteiger partial charge in [-0.1, -0.05) is 61.4 Å². The predicted octanol–water partition coefficient (Wildman–Crippen LogP) is 8.79. The van der Waals surface area contributed by atoms with E-state index in [2.05, 4.69) is 101 Å². The van der Waals surface area contributed by atoms with E-state index in [0.29, 0.717) is 0 Å². The largest absolute Gasteiger partial charge is 0.142 e. The van der Waals surface area contributed by atoms with Crippen LogP contribution in [0.25, 0.3) is 0 Å². The minimum atomic E-state index is 1.02. The van der Waals surface area contributed by atoms with Crippen molar-refractivity contribution in [3.8, 4) is 0 Å². The van der Waals surface area contributed by atoms with Crippen LogP contribution >= 0.6 is 68.4 Å². The van der Waals surface area contributed by atoms with E-state index in [1.807, 2.05) is 0 Å². The minimum absolute atomic E-state index is 1.02. The summed E-state index contributed by atoms with van der Waals surface area (Å²) in [6, 6.07) is 19.4. The molecule has 0 aliphatic rings. The van der Waals surface area contributed by atoms with Crippen molar-refractivity contribution in [1.82, 2.24) is 0 Å². The Morgan fingerprint density at radius 1 is 0.481 bits per heavy atom. The molecule has 3 rings (SSSR count). The van der Waals surface area contributed by atoms with Crippen LogP contribution in [-0.2, 0) is 0 Å². The molecule has 0 unspecified atom stereocenters. The first-order valence-corrected chi connectivity index (χ1v) is 13.5. The Morgan fingerprint density at radius 2 is 0.963 bits per heavy atom. The maximum absolute atomic E-state index is 4.62. The van der Waals surface area contributed by atoms with Crippen LogP contribution < -0.4 is 0 Å². The Kier molecular flexibility index (Phi) is 7.94. The van der Waals surface area contributed by atoms with Gasteiger partial charge in [-0.25, -0.2) is 0 Å². The summed E-state index contributed by atoms with van der Waals surface area (Å²) < 4.78 is 0. The summed E-state index contributed by atoms with van der Waals surface area (Å²) in [6.07, 6.45) is 0. The highest BCUT2D eigenvalue weighted by Gasteiger charge is 2.10. The van der Waals surface area contributed by atoms with Gasteiger partial charge in [-0.05, 0) is 73.9 Å². The van der Waals surface area contributed by atoms with Crippen LogP contribution in [0.3, 0.4) is 0 Å². The van der Waals surface area contributed by atoms with Crippen molar-refractivity contribution in [3.05, 3.63) is 71.3 Å². The molecule has 0 saturated heterocycles. The van der Waals surface area contributed by atoms with E-state index < -0.39 is 0 Å². The van der Waals surface area contributed by atoms with Crippen LogP contribution in [0.5, 0.6) is 0 Å². The predicted molar refractivity (Wildman–Crippen MR) is 131 cm³/mol. The molecule has 0 amide bonds. The number of aryl methyl sites for hydroxylation is 3. The second-order valence-corrected chi connectivity index (χ2v) is 11.6. The molecule has 0 atom stereocenters. The quantitative estimate of drug-likeness (QED) is 0.276. The Bertz CT molecular complexity index is 951. The van der Waals surface area contributed by atoms with E-state index in [0.717, 1.165) is 9.79 Å². The highest BCUT2D eigenvalue weighted by Crippen LogP contribution is 2.48. The number of rotatable bonds is 6. The van der Waals surface area contributed by atoms with Crippen molar-refractivity contribution in [2.75, 3.05) is 0 Å². The molecule has 0 spiro atoms. The van der Waals surface area contributed by atoms with E-state index in [1.165, 1.54) is 36.3 Å². The minimum Gasteiger partial charge on any atom is -0.142 e. The second kappa shape index (κ2) is 9.99. The zero-order valence-electron chi connectivity index (χ0n) is 15.2. The van der Waals surface area contributed by atoms with Gasteiger partial charge >= 0.3 is 0 Å². The van der Waals surface area contributed by atoms with E-state index in [9.17, 15) is 0 Å². The smallest absolute Gasteiger partial charge is 0.0333 e. The summed E-state index contributed by atoms with van der Waals surface area (Å²) in [7, 11) is 7.10. The standard InChI is InChI=1S/C21H20S6/c1-13-5-8-18(17(23)10-13)24-27-21-12-15(3)6-9-19(21)25-26-20-11-14(2)4-7-16(20)22/h4-12,22-23H,1-3H3. The summed E-state index contributed by atoms with van der Waals surface area (Å²) in [5, 5.41) is 0. The molecule has 3 aromatic carbocycles. The molecule has 0 aliphatic carbocycles. The van der Waals surface area contributed by atoms with Gasteiger partial charge in [0.2, 0.25) is 0 Å². The van der Waals surface area contributed by atoms with Crippen molar-refractivity contribution < 1.29 is 0 Å². The lowest BCUT2D eigenvalue weighted by molar-refractivity contribution is 1.22. The monoisotopic (exact) mass is 464 g/mol. The lowest BCUT2D eigenvalue weighted by Gasteiger charge is -2.11. The van der Waals surface area contributed by atoms with Gasteiger partial charge < -0.3 is 0 Å². The highest BCUT2D eigenvalue weighted by molar-refractivity contribution is 8.78. The average Bonchev–Trinajstić information content (AvgIpc) is 2.63. The van der Waals surface area contributed by atoms with Crippen LogP contribution in [0.1, 0.15) is 16.7 Å². The van der Waals surface area contributed by atoms with Gasteiger partial charge in [0, 0.05) is 29.4 Å². The summed E-state index contributed by atoms with van der Waals surface area (Å²) in [6.45, 7) is 6.34. The molecule has 0 saturated carbocycles. The van der Waals surface area contributed by atoms with Crippen LogP contribution in [0.2, 0.25) is 0 Å². The van der Waals surface area contributed by atoms with Crippen LogP contribution in [0, 0.1) is 20.8 Å². The fourth-order valence-corrected chi connectivity index (χ4v) is 8.38. The van der Waals surface area contributed by atoms with Crippen molar-refractivity contribution in [1.29, 1.82) is 0 Å². The lowest BCUT2D eigenvalue weighted by atomic mass is 10.2. The SMILES string of the molecule is Cc1ccc(SSc2cc(C)ccc2SSc2cc(C)ccc2S)c(S)c1. The first-order chi connectivity index (χ1) is 12.9. The van der Waals surface area contributed by atoms with Crippen LogP contribution in [-0.4, -0.2) is 0 Å². The van der Waals surface area contributed by atoms with E-state index in [1.54, 1.807) is 43.2 Å². The van der Waals surface area contributed by atoms with E-state index in [4.69, 9.17) is 0 Å². The summed E-state index contributed by atoms with van der Waals surface area (Å²) in [5.74, 6) is 0. The lowest BCUT2D eigenvalue weighted by Crippen LogP contribution is -1.81. The maximum Gasteiger partial charge on any atom is 0.0333 e. The zero-order chi connectivity index (χ0) is 19.4. The van der Waals surface area contributed by atoms with E-state index >= 15 is 0 Å². The molecule has 0 bridgehead atoms. The molecule has 0 N–H and O–H groups in total. The topological polar surface area (TPSA) is 0 Å². The molecule has 0 fully saturated rings. The highest BCUT2D eigenvalue weighted by atomic mass is 33.1. The van der Waals surface area contributed by atoms with Gasteiger partial charge in [-0.3, -0.25) is 0 Å². The molecule has 3 aromatic rings. The molecule has 27 heavy (non-hydrogen) atoms. The Morgan fingerprint density at radius 3 is 1.67 bits per heavy atom. The van der Waals surface area contributed by atoms with Gasteiger partial charge in [0.05, 0.1) is 0 Å². The molecule has 0 aromatic heterocycles. The van der Waals surface area contributed by atoms with Gasteiger partial charge in [0.15, 0.2) is 0 Å². The van der Waals surface area contributed by atoms with Crippen LogP contribution in [0.4, 0.5) is 0 Å². The first-order valence-electron chi connectivity index (χ1n) is 8.31. The third kappa shape index (κ3) is 6.12. The molecule has 0 radical (unpaired) electrons. The first kappa shape index (κ1) is 21.5. The average molecular weight is 465 g/mol. The second-order valence-electron chi connectivity index (χ2n) is 6.23. The van der Waals surface area contributed by atoms with Crippen molar-refractivity contribution in [2.45, 2.75) is 50.1 Å². The van der Waals surface area contributed by atoms with Gasteiger partial charge in [-0.2, -0.15) is 0 Å². The molecular weight excluding hydrogens is 445 g/mol. The molecule has 140 valence electrons. The number of thiol groups is 2. The fourth-order valence-electron chi connectivity index (χ4n) is 2.31. The normalized spacial score (nSPS) is 11.0. The summed E-state index contributed by atoms with van der Waals surface area (Å²) in [4.78, 5) is 6.99. The van der Waals surface area contributed by atoms with Crippen LogP contribution in [0.15, 0.2) is 84.0 Å². The zero-order valence-corrected chi connectivity index (χ0v) is 20.3. The van der Waals surface area contributed by atoms with Crippen molar-refractivity contribution >= 4 is 68.4 Å². The molecule has 0 nitrogen and oxygen atoms in total. The number of benzene rings is 3. The maximum atomic E-state index is 4.62.